The summed E-state index contributed by atoms with van der Waals surface area (Å²) in [6.45, 7) is 5.77. The number of nitrogens with zero attached hydrogens (tertiary/aromatic N) is 5. The van der Waals surface area contributed by atoms with Crippen LogP contribution < -0.4 is 14.8 Å². The van der Waals surface area contributed by atoms with Crippen molar-refractivity contribution >= 4 is 17.8 Å². The Morgan fingerprint density at radius 2 is 2.03 bits per heavy atom. The van der Waals surface area contributed by atoms with Gasteiger partial charge in [-0.25, -0.2) is 4.79 Å². The van der Waals surface area contributed by atoms with Crippen LogP contribution in [0.4, 0.5) is 5.95 Å². The Morgan fingerprint density at radius 1 is 1.24 bits per heavy atom. The van der Waals surface area contributed by atoms with Crippen LogP contribution in [0.3, 0.4) is 0 Å². The summed E-state index contributed by atoms with van der Waals surface area (Å²) in [5, 5.41) is 14.8. The molecule has 1 fully saturated rings. The maximum absolute atomic E-state index is 12.8. The van der Waals surface area contributed by atoms with Crippen molar-refractivity contribution in [1.29, 1.82) is 0 Å². The number of fused-ring (bicyclic) bond motifs is 1. The van der Waals surface area contributed by atoms with Gasteiger partial charge in [0.25, 0.3) is 5.91 Å². The topological polar surface area (TPSA) is 130 Å². The van der Waals surface area contributed by atoms with Crippen molar-refractivity contribution in [2.75, 3.05) is 51.9 Å². The van der Waals surface area contributed by atoms with Gasteiger partial charge in [0.05, 0.1) is 32.5 Å². The van der Waals surface area contributed by atoms with Gasteiger partial charge >= 0.3 is 5.97 Å². The van der Waals surface area contributed by atoms with Gasteiger partial charge in [-0.15, -0.1) is 0 Å². The molecule has 1 saturated heterocycles. The van der Waals surface area contributed by atoms with Crippen LogP contribution in [0.15, 0.2) is 29.5 Å². The molecule has 2 aliphatic rings. The summed E-state index contributed by atoms with van der Waals surface area (Å²) in [5.74, 6) is 0.637. The van der Waals surface area contributed by atoms with Crippen LogP contribution in [-0.2, 0) is 19.1 Å². The van der Waals surface area contributed by atoms with Crippen LogP contribution in [0.5, 0.6) is 11.5 Å². The molecule has 12 heteroatoms. The van der Waals surface area contributed by atoms with E-state index in [1.165, 1.54) is 11.8 Å². The number of hydrogen-bond donors (Lipinski definition) is 1. The Labute approximate surface area is 190 Å². The number of carbonyl (C=O) groups is 2. The second kappa shape index (κ2) is 9.86. The lowest BCUT2D eigenvalue weighted by molar-refractivity contribution is -0.139. The Morgan fingerprint density at radius 3 is 2.76 bits per heavy atom. The van der Waals surface area contributed by atoms with Crippen molar-refractivity contribution < 1.29 is 28.5 Å². The molecule has 1 N–H and O–H groups in total. The van der Waals surface area contributed by atoms with E-state index in [1.54, 1.807) is 36.9 Å². The van der Waals surface area contributed by atoms with Gasteiger partial charge in [0.15, 0.2) is 18.1 Å². The van der Waals surface area contributed by atoms with Crippen molar-refractivity contribution in [2.24, 2.45) is 0 Å². The average molecular weight is 458 g/mol. The van der Waals surface area contributed by atoms with Gasteiger partial charge in [-0.3, -0.25) is 4.79 Å². The summed E-state index contributed by atoms with van der Waals surface area (Å²) in [6, 6.07) is 4.59. The summed E-state index contributed by atoms with van der Waals surface area (Å²) >= 11 is 0. The van der Waals surface area contributed by atoms with Gasteiger partial charge in [-0.1, -0.05) is 11.2 Å². The van der Waals surface area contributed by atoms with E-state index in [1.807, 2.05) is 0 Å². The highest BCUT2D eigenvalue weighted by Gasteiger charge is 2.35. The number of esters is 1. The Balaban J connectivity index is 1.60. The summed E-state index contributed by atoms with van der Waals surface area (Å²) in [5.41, 5.74) is 1.67. The molecule has 1 amide bonds. The quantitative estimate of drug-likeness (QED) is 0.594. The Kier molecular flexibility index (Phi) is 6.73. The van der Waals surface area contributed by atoms with Crippen LogP contribution in [0.1, 0.15) is 25.5 Å². The number of nitrogens with one attached hydrogen (secondary N) is 1. The van der Waals surface area contributed by atoms with Crippen molar-refractivity contribution in [2.45, 2.75) is 19.9 Å². The molecule has 1 aromatic heterocycles. The Bertz CT molecular complexity index is 1060. The SMILES string of the molecule is CCOC(=O)C1=C(C)Nc2nnnn2C1c1ccc(OCC(=O)N2CCOCC2)c(OC)c1. The fraction of sp³-hybridized carbons (Fsp3) is 0.476. The first kappa shape index (κ1) is 22.5. The first-order valence-corrected chi connectivity index (χ1v) is 10.6. The molecule has 0 bridgehead atoms. The van der Waals surface area contributed by atoms with Crippen molar-refractivity contribution in [3.63, 3.8) is 0 Å². The van der Waals surface area contributed by atoms with Gasteiger partial charge in [0.1, 0.15) is 6.04 Å². The summed E-state index contributed by atoms with van der Waals surface area (Å²) < 4.78 is 23.3. The maximum Gasteiger partial charge on any atom is 0.338 e. The number of hydrogen-bond acceptors (Lipinski definition) is 10. The number of carbonyl (C=O) groups excluding carboxylic acids is 2. The summed E-state index contributed by atoms with van der Waals surface area (Å²) in [7, 11) is 1.51. The fourth-order valence-corrected chi connectivity index (χ4v) is 3.81. The van der Waals surface area contributed by atoms with Gasteiger partial charge in [-0.2, -0.15) is 4.68 Å². The van der Waals surface area contributed by atoms with E-state index in [2.05, 4.69) is 20.8 Å². The van der Waals surface area contributed by atoms with E-state index in [0.717, 1.165) is 0 Å². The van der Waals surface area contributed by atoms with E-state index >= 15 is 0 Å². The molecule has 0 aliphatic carbocycles. The number of methoxy groups -OCH3 is 1. The van der Waals surface area contributed by atoms with E-state index in [4.69, 9.17) is 18.9 Å². The summed E-state index contributed by atoms with van der Waals surface area (Å²) in [4.78, 5) is 26.9. The lowest BCUT2D eigenvalue weighted by atomic mass is 9.95. The minimum absolute atomic E-state index is 0.118. The number of allylic oxidation sites excluding steroid dienone is 1. The third kappa shape index (κ3) is 4.60. The third-order valence-electron chi connectivity index (χ3n) is 5.43. The van der Waals surface area contributed by atoms with Gasteiger partial charge in [0.2, 0.25) is 5.95 Å². The molecule has 2 aliphatic heterocycles. The molecule has 0 radical (unpaired) electrons. The Hall–Kier alpha value is -3.67. The third-order valence-corrected chi connectivity index (χ3v) is 5.43. The molecule has 1 aromatic carbocycles. The highest BCUT2D eigenvalue weighted by Crippen LogP contribution is 2.38. The highest BCUT2D eigenvalue weighted by molar-refractivity contribution is 5.92. The highest BCUT2D eigenvalue weighted by atomic mass is 16.5. The van der Waals surface area contributed by atoms with E-state index in [-0.39, 0.29) is 19.1 Å². The van der Waals surface area contributed by atoms with Crippen LogP contribution in [0.2, 0.25) is 0 Å². The molecule has 176 valence electrons. The van der Waals surface area contributed by atoms with Crippen LogP contribution >= 0.6 is 0 Å². The number of tetrazole rings is 1. The van der Waals surface area contributed by atoms with Gasteiger partial charge < -0.3 is 29.2 Å². The maximum atomic E-state index is 12.8. The molecule has 2 aromatic rings. The standard InChI is InChI=1S/C21H26N6O6/c1-4-32-20(29)18-13(2)22-21-23-24-25-27(21)19(18)14-5-6-15(16(11-14)30-3)33-12-17(28)26-7-9-31-10-8-26/h5-6,11,19H,4,7-10,12H2,1-3H3,(H,22,23,25). The minimum atomic E-state index is -0.631. The molecule has 33 heavy (non-hydrogen) atoms. The summed E-state index contributed by atoms with van der Waals surface area (Å²) in [6.07, 6.45) is 0. The van der Waals surface area contributed by atoms with Crippen molar-refractivity contribution in [1.82, 2.24) is 25.1 Å². The number of aromatic nitrogens is 4. The monoisotopic (exact) mass is 458 g/mol. The average Bonchev–Trinajstić information content (AvgIpc) is 3.30. The molecule has 3 heterocycles. The fourth-order valence-electron chi connectivity index (χ4n) is 3.81. The molecule has 4 rings (SSSR count). The van der Waals surface area contributed by atoms with Crippen LogP contribution in [0, 0.1) is 0 Å². The normalized spacial score (nSPS) is 17.8. The largest absolute Gasteiger partial charge is 0.493 e. The molecule has 0 spiro atoms. The number of amides is 1. The zero-order valence-electron chi connectivity index (χ0n) is 18.7. The van der Waals surface area contributed by atoms with E-state index in [0.29, 0.717) is 60.6 Å². The van der Waals surface area contributed by atoms with Crippen molar-refractivity contribution in [3.05, 3.63) is 35.0 Å². The smallest absolute Gasteiger partial charge is 0.338 e. The van der Waals surface area contributed by atoms with Crippen LogP contribution in [-0.4, -0.2) is 83.6 Å². The second-order valence-electron chi connectivity index (χ2n) is 7.43. The number of ether oxygens (including phenoxy) is 4. The molecule has 1 unspecified atom stereocenters. The number of anilines is 1. The number of morpholine rings is 1. The van der Waals surface area contributed by atoms with Gasteiger partial charge in [-0.05, 0) is 42.0 Å². The van der Waals surface area contributed by atoms with Crippen molar-refractivity contribution in [3.8, 4) is 11.5 Å². The molecule has 1 atom stereocenters. The van der Waals surface area contributed by atoms with E-state index < -0.39 is 12.0 Å². The molecule has 12 nitrogen and oxygen atoms in total. The zero-order valence-corrected chi connectivity index (χ0v) is 18.7. The lowest BCUT2D eigenvalue weighted by Gasteiger charge is -2.28. The molecule has 0 saturated carbocycles. The zero-order chi connectivity index (χ0) is 23.4. The first-order valence-electron chi connectivity index (χ1n) is 10.6. The number of rotatable bonds is 7. The lowest BCUT2D eigenvalue weighted by Crippen LogP contribution is -2.43. The van der Waals surface area contributed by atoms with E-state index in [9.17, 15) is 9.59 Å². The number of benzene rings is 1. The predicted molar refractivity (Wildman–Crippen MR) is 115 cm³/mol. The molecular formula is C21H26N6O6. The van der Waals surface area contributed by atoms with Gasteiger partial charge in [0, 0.05) is 18.8 Å². The first-order chi connectivity index (χ1) is 16.0. The predicted octanol–water partition coefficient (Wildman–Crippen LogP) is 0.771. The molecular weight excluding hydrogens is 432 g/mol. The minimum Gasteiger partial charge on any atom is -0.493 e. The second-order valence-corrected chi connectivity index (χ2v) is 7.43. The van der Waals surface area contributed by atoms with Crippen LogP contribution in [0.25, 0.3) is 0 Å².